The quantitative estimate of drug-likeness (QED) is 0.0699. The Labute approximate surface area is 462 Å². The summed E-state index contributed by atoms with van der Waals surface area (Å²) in [7, 11) is 0. The number of carbonyl (C=O) groups is 7. The standard InChI is InChI=1S/C57H68F2N10O11/c58-57(59)29-47(30-60)69(38-57)51(71)32-62-56(79)49-17-18-61-31-44(49)10-5-39-7-15-48(16-8-39)80-37-46(28-40-6-9-41-3-1-2-4-43(41)27-40)64-55(78)42-11-13-45(14-12-42)63-50(70)33-65-19-21-66(34-52(72)73)23-25-68(36-54(76)77)26-24-67(22-20-65)35-53(74)75/h1-10,15-18,27,31,42,45-47H,11-14,19-26,28-29,32-38H2,(H,62,79)(H,63,70)(H,64,78)(H,72,73)(H,74,75)(H,76,77)/b10-5+/t42?,45?,46-,47-/m0/s1. The topological polar surface area (TPSA) is 278 Å². The number of rotatable bonds is 21. The maximum Gasteiger partial charge on any atom is 0.317 e. The average molecular weight is 1110 g/mol. The van der Waals surface area contributed by atoms with E-state index >= 15 is 0 Å². The number of nitriles is 1. The Balaban J connectivity index is 0.927. The van der Waals surface area contributed by atoms with Crippen molar-refractivity contribution in [3.63, 3.8) is 0 Å². The van der Waals surface area contributed by atoms with E-state index in [0.29, 0.717) is 56.5 Å². The van der Waals surface area contributed by atoms with E-state index in [9.17, 15) is 62.9 Å². The van der Waals surface area contributed by atoms with Crippen LogP contribution in [0.1, 0.15) is 59.2 Å². The third-order valence-corrected chi connectivity index (χ3v) is 14.5. The number of hydrogen-bond donors (Lipinski definition) is 6. The summed E-state index contributed by atoms with van der Waals surface area (Å²) < 4.78 is 34.1. The van der Waals surface area contributed by atoms with Crippen molar-refractivity contribution in [3.05, 3.63) is 107 Å². The molecule has 1 saturated carbocycles. The number of carbonyl (C=O) groups excluding carboxylic acids is 4. The first-order valence-corrected chi connectivity index (χ1v) is 26.7. The van der Waals surface area contributed by atoms with Crippen LogP contribution >= 0.6 is 0 Å². The zero-order valence-corrected chi connectivity index (χ0v) is 44.4. The molecular weight excluding hydrogens is 1040 g/mol. The Morgan fingerprint density at radius 3 is 1.93 bits per heavy atom. The van der Waals surface area contributed by atoms with Gasteiger partial charge in [-0.1, -0.05) is 66.7 Å². The van der Waals surface area contributed by atoms with Crippen LogP contribution in [0.25, 0.3) is 22.9 Å². The second-order valence-corrected chi connectivity index (χ2v) is 20.6. The van der Waals surface area contributed by atoms with E-state index in [1.54, 1.807) is 45.1 Å². The number of aromatic nitrogens is 1. The van der Waals surface area contributed by atoms with E-state index in [2.05, 4.69) is 27.0 Å². The van der Waals surface area contributed by atoms with Crippen LogP contribution in [-0.2, 0) is 35.2 Å². The highest BCUT2D eigenvalue weighted by Gasteiger charge is 2.47. The number of benzene rings is 3. The van der Waals surface area contributed by atoms with Gasteiger partial charge in [0.05, 0.1) is 51.4 Å². The van der Waals surface area contributed by atoms with E-state index in [1.165, 1.54) is 18.5 Å². The van der Waals surface area contributed by atoms with Crippen LogP contribution < -0.4 is 20.7 Å². The molecule has 426 valence electrons. The zero-order chi connectivity index (χ0) is 57.2. The largest absolute Gasteiger partial charge is 0.491 e. The number of alkyl halides is 2. The van der Waals surface area contributed by atoms with Gasteiger partial charge in [-0.2, -0.15) is 5.26 Å². The normalized spacial score (nSPS) is 20.2. The fraction of sp³-hybridized carbons (Fsp3) is 0.456. The molecule has 2 aliphatic heterocycles. The predicted molar refractivity (Wildman–Crippen MR) is 290 cm³/mol. The second kappa shape index (κ2) is 28.8. The van der Waals surface area contributed by atoms with Crippen molar-refractivity contribution in [3.8, 4) is 11.8 Å². The van der Waals surface area contributed by atoms with Crippen LogP contribution in [0.3, 0.4) is 0 Å². The van der Waals surface area contributed by atoms with Crippen molar-refractivity contribution in [1.82, 2.24) is 45.4 Å². The van der Waals surface area contributed by atoms with Gasteiger partial charge in [0, 0.05) is 94.3 Å². The number of nitrogens with zero attached hydrogens (tertiary/aromatic N) is 7. The number of aliphatic carboxylic acids is 3. The molecule has 7 rings (SSSR count). The van der Waals surface area contributed by atoms with Gasteiger partial charge in [0.25, 0.3) is 11.8 Å². The Bertz CT molecular complexity index is 2870. The molecule has 3 aliphatic rings. The first kappa shape index (κ1) is 59.7. The molecular formula is C57H68F2N10O11. The van der Waals surface area contributed by atoms with Gasteiger partial charge >= 0.3 is 17.9 Å². The second-order valence-electron chi connectivity index (χ2n) is 20.6. The lowest BCUT2D eigenvalue weighted by atomic mass is 9.85. The number of hydrogen-bond acceptors (Lipinski definition) is 14. The number of carboxylic acids is 3. The molecule has 6 N–H and O–H groups in total. The van der Waals surface area contributed by atoms with Crippen molar-refractivity contribution in [2.75, 3.05) is 98.2 Å². The van der Waals surface area contributed by atoms with Gasteiger partial charge in [-0.25, -0.2) is 8.78 Å². The van der Waals surface area contributed by atoms with Crippen LogP contribution in [-0.4, -0.2) is 209 Å². The van der Waals surface area contributed by atoms with Crippen LogP contribution in [0.5, 0.6) is 5.75 Å². The molecule has 0 unspecified atom stereocenters. The fourth-order valence-corrected chi connectivity index (χ4v) is 10.2. The van der Waals surface area contributed by atoms with Crippen molar-refractivity contribution in [1.29, 1.82) is 5.26 Å². The molecule has 1 aliphatic carbocycles. The number of ether oxygens (including phenoxy) is 1. The van der Waals surface area contributed by atoms with Gasteiger partial charge in [-0.15, -0.1) is 0 Å². The van der Waals surface area contributed by atoms with Crippen molar-refractivity contribution in [2.45, 2.75) is 62.6 Å². The Morgan fingerprint density at radius 2 is 1.34 bits per heavy atom. The number of fused-ring (bicyclic) bond motifs is 1. The number of halogens is 2. The molecule has 2 saturated heterocycles. The van der Waals surface area contributed by atoms with Crippen LogP contribution in [0, 0.1) is 17.2 Å². The first-order chi connectivity index (χ1) is 38.4. The number of amides is 4. The first-order valence-electron chi connectivity index (χ1n) is 26.7. The lowest BCUT2D eigenvalue weighted by Crippen LogP contribution is -2.50. The summed E-state index contributed by atoms with van der Waals surface area (Å²) in [5.41, 5.74) is 2.39. The summed E-state index contributed by atoms with van der Waals surface area (Å²) in [5.74, 6) is -7.84. The lowest BCUT2D eigenvalue weighted by Gasteiger charge is -2.33. The van der Waals surface area contributed by atoms with E-state index in [4.69, 9.17) is 4.74 Å². The fourth-order valence-electron chi connectivity index (χ4n) is 10.2. The maximum atomic E-state index is 14.0. The number of pyridine rings is 1. The minimum Gasteiger partial charge on any atom is -0.491 e. The molecule has 3 heterocycles. The third kappa shape index (κ3) is 18.6. The summed E-state index contributed by atoms with van der Waals surface area (Å²) in [5, 5.41) is 48.9. The monoisotopic (exact) mass is 1110 g/mol. The summed E-state index contributed by atoms with van der Waals surface area (Å²) >= 11 is 0. The predicted octanol–water partition coefficient (Wildman–Crippen LogP) is 3.15. The molecule has 3 fully saturated rings. The highest BCUT2D eigenvalue weighted by Crippen LogP contribution is 2.32. The van der Waals surface area contributed by atoms with Gasteiger partial charge in [0.2, 0.25) is 17.7 Å². The van der Waals surface area contributed by atoms with Gasteiger partial charge in [-0.05, 0) is 72.2 Å². The van der Waals surface area contributed by atoms with E-state index in [0.717, 1.165) is 26.8 Å². The third-order valence-electron chi connectivity index (χ3n) is 14.5. The number of likely N-dealkylation sites (tertiary alicyclic amines) is 1. The lowest BCUT2D eigenvalue weighted by molar-refractivity contribution is -0.140. The Morgan fingerprint density at radius 1 is 0.750 bits per heavy atom. The van der Waals surface area contributed by atoms with Gasteiger partial charge in [-0.3, -0.25) is 58.1 Å². The van der Waals surface area contributed by atoms with Crippen molar-refractivity contribution in [2.24, 2.45) is 5.92 Å². The van der Waals surface area contributed by atoms with E-state index in [-0.39, 0.29) is 101 Å². The molecule has 80 heavy (non-hydrogen) atoms. The molecule has 2 atom stereocenters. The molecule has 0 radical (unpaired) electrons. The average Bonchev–Trinajstić information content (AvgIpc) is 3.77. The summed E-state index contributed by atoms with van der Waals surface area (Å²) in [6, 6.07) is 22.7. The molecule has 4 aromatic rings. The summed E-state index contributed by atoms with van der Waals surface area (Å²) in [6.07, 6.45) is 8.23. The molecule has 21 nitrogen and oxygen atoms in total. The summed E-state index contributed by atoms with van der Waals surface area (Å²) in [4.78, 5) is 100. The highest BCUT2D eigenvalue weighted by molar-refractivity contribution is 6.00. The number of nitrogens with one attached hydrogen (secondary N) is 3. The summed E-state index contributed by atoms with van der Waals surface area (Å²) in [6.45, 7) is 0.135. The Hall–Kier alpha value is -7.91. The Kier molecular flexibility index (Phi) is 21.5. The zero-order valence-electron chi connectivity index (χ0n) is 44.4. The minimum absolute atomic E-state index is 0.00960. The SMILES string of the molecule is N#C[C@@H]1CC(F)(F)CN1C(=O)CNC(=O)c1ccncc1/C=C/c1ccc(OC[C@H](Cc2ccc3ccccc3c2)NC(=O)C2CCC(NC(=O)CN3CCN(CC(=O)O)CCN(CC(=O)O)CCN(CC(=O)O)CC3)CC2)cc1. The van der Waals surface area contributed by atoms with E-state index < -0.39 is 67.2 Å². The van der Waals surface area contributed by atoms with Crippen LogP contribution in [0.2, 0.25) is 0 Å². The number of carboxylic acid groups (broad SMARTS) is 3. The maximum absolute atomic E-state index is 14.0. The molecule has 4 amide bonds. The van der Waals surface area contributed by atoms with Gasteiger partial charge < -0.3 is 40.9 Å². The highest BCUT2D eigenvalue weighted by atomic mass is 19.3. The van der Waals surface area contributed by atoms with Crippen LogP contribution in [0.15, 0.2) is 85.2 Å². The molecule has 0 spiro atoms. The van der Waals surface area contributed by atoms with Crippen molar-refractivity contribution < 1.29 is 62.4 Å². The van der Waals surface area contributed by atoms with Gasteiger partial charge in [0.1, 0.15) is 18.4 Å². The molecule has 3 aromatic carbocycles. The smallest absolute Gasteiger partial charge is 0.317 e. The van der Waals surface area contributed by atoms with Gasteiger partial charge in [0.15, 0.2) is 0 Å². The van der Waals surface area contributed by atoms with E-state index in [1.807, 2.05) is 53.4 Å². The molecule has 23 heteroatoms. The molecule has 1 aromatic heterocycles. The van der Waals surface area contributed by atoms with Crippen molar-refractivity contribution >= 4 is 64.5 Å². The molecule has 0 bridgehead atoms. The van der Waals surface area contributed by atoms with Crippen LogP contribution in [0.4, 0.5) is 8.78 Å². The minimum atomic E-state index is -3.18.